The Morgan fingerprint density at radius 1 is 1.20 bits per heavy atom. The molecule has 0 fully saturated rings. The Morgan fingerprint density at radius 3 is 2.71 bits per heavy atom. The molecule has 3 aromatic rings. The first kappa shape index (κ1) is 25.4. The average Bonchev–Trinajstić information content (AvgIpc) is 3.12. The molecule has 188 valence electrons. The highest BCUT2D eigenvalue weighted by molar-refractivity contribution is 5.86. The highest BCUT2D eigenvalue weighted by Gasteiger charge is 2.36. The monoisotopic (exact) mass is 476 g/mol. The number of hydrogen-bond donors (Lipinski definition) is 0. The highest BCUT2D eigenvalue weighted by atomic mass is 16.5. The molecule has 3 heterocycles. The fourth-order valence-electron chi connectivity index (χ4n) is 5.27. The van der Waals surface area contributed by atoms with Gasteiger partial charge in [0.1, 0.15) is 6.54 Å². The van der Waals surface area contributed by atoms with Crippen LogP contribution in [0.4, 0.5) is 0 Å². The summed E-state index contributed by atoms with van der Waals surface area (Å²) in [6.07, 6.45) is 6.98. The minimum absolute atomic E-state index is 0.0684. The van der Waals surface area contributed by atoms with Gasteiger partial charge in [-0.25, -0.2) is 0 Å². The van der Waals surface area contributed by atoms with E-state index in [9.17, 15) is 4.79 Å². The maximum Gasteiger partial charge on any atom is 0.315 e. The molecule has 5 nitrogen and oxygen atoms in total. The first-order chi connectivity index (χ1) is 16.6. The summed E-state index contributed by atoms with van der Waals surface area (Å²) in [6.45, 7) is 13.6. The average molecular weight is 477 g/mol. The Morgan fingerprint density at radius 2 is 2.00 bits per heavy atom. The van der Waals surface area contributed by atoms with Gasteiger partial charge in [-0.1, -0.05) is 37.5 Å². The van der Waals surface area contributed by atoms with Crippen LogP contribution in [0.15, 0.2) is 36.5 Å². The number of carbonyl (C=O) groups excluding carboxylic acids is 1. The maximum absolute atomic E-state index is 12.9. The molecule has 4 rings (SSSR count). The number of aryl methyl sites for hydroxylation is 4. The molecule has 5 heteroatoms. The normalized spacial score (nSPS) is 18.0. The van der Waals surface area contributed by atoms with E-state index in [2.05, 4.69) is 60.8 Å². The summed E-state index contributed by atoms with van der Waals surface area (Å²) in [6, 6.07) is 11.1. The molecule has 0 saturated heterocycles. The first-order valence-electron chi connectivity index (χ1n) is 13.1. The number of ether oxygens (including phenoxy) is 1. The number of benzene rings is 1. The van der Waals surface area contributed by atoms with Crippen molar-refractivity contribution in [3.05, 3.63) is 64.6 Å². The third kappa shape index (κ3) is 5.61. The zero-order valence-corrected chi connectivity index (χ0v) is 22.5. The standard InChI is InChI=1S/C30H42N3O2/c1-7-8-15-30(4,5)29(34)35-21-33(6)17-14-28-26(20-33)25-18-22(2)9-12-27(25)32(28)16-13-24-11-10-23(3)31-19-24/h9-12,18-19H,7-8,13-17,20-21H2,1-6H3/q+1. The van der Waals surface area contributed by atoms with Crippen molar-refractivity contribution in [2.24, 2.45) is 5.41 Å². The quantitative estimate of drug-likeness (QED) is 0.276. The smallest absolute Gasteiger partial charge is 0.315 e. The van der Waals surface area contributed by atoms with Gasteiger partial charge >= 0.3 is 5.97 Å². The molecule has 1 atom stereocenters. The van der Waals surface area contributed by atoms with Crippen molar-refractivity contribution in [2.45, 2.75) is 79.8 Å². The van der Waals surface area contributed by atoms with Crippen molar-refractivity contribution in [1.29, 1.82) is 0 Å². The second-order valence-corrected chi connectivity index (χ2v) is 11.5. The lowest BCUT2D eigenvalue weighted by molar-refractivity contribution is -0.940. The van der Waals surface area contributed by atoms with Crippen LogP contribution in [0.3, 0.4) is 0 Å². The fourth-order valence-corrected chi connectivity index (χ4v) is 5.27. The number of carbonyl (C=O) groups is 1. The maximum atomic E-state index is 12.9. The Kier molecular flexibility index (Phi) is 7.37. The van der Waals surface area contributed by atoms with Crippen LogP contribution in [0, 0.1) is 19.3 Å². The molecule has 2 aromatic heterocycles. The number of likely N-dealkylation sites (N-methyl/N-ethyl adjacent to an activating group) is 1. The van der Waals surface area contributed by atoms with Gasteiger partial charge in [0.05, 0.1) is 19.0 Å². The minimum Gasteiger partial charge on any atom is -0.415 e. The molecule has 1 aliphatic rings. The molecule has 0 radical (unpaired) electrons. The molecule has 0 bridgehead atoms. The minimum atomic E-state index is -0.423. The number of pyridine rings is 1. The van der Waals surface area contributed by atoms with Crippen molar-refractivity contribution in [3.8, 4) is 0 Å². The second kappa shape index (κ2) is 10.1. The second-order valence-electron chi connectivity index (χ2n) is 11.5. The van der Waals surface area contributed by atoms with Crippen LogP contribution in [0.1, 0.15) is 68.1 Å². The molecule has 0 N–H and O–H groups in total. The zero-order chi connectivity index (χ0) is 25.2. The Hall–Kier alpha value is -2.66. The summed E-state index contributed by atoms with van der Waals surface area (Å²) in [7, 11) is 2.23. The molecule has 0 aliphatic carbocycles. The van der Waals surface area contributed by atoms with Crippen LogP contribution in [-0.2, 0) is 35.5 Å². The number of esters is 1. The van der Waals surface area contributed by atoms with E-state index in [4.69, 9.17) is 4.74 Å². The molecule has 35 heavy (non-hydrogen) atoms. The van der Waals surface area contributed by atoms with Gasteiger partial charge in [-0.2, -0.15) is 0 Å². The number of fused-ring (bicyclic) bond motifs is 3. The number of quaternary nitrogens is 1. The van der Waals surface area contributed by atoms with Crippen molar-refractivity contribution in [1.82, 2.24) is 9.55 Å². The van der Waals surface area contributed by atoms with E-state index >= 15 is 0 Å². The van der Waals surface area contributed by atoms with E-state index in [1.54, 1.807) is 0 Å². The Labute approximate surface area is 210 Å². The lowest BCUT2D eigenvalue weighted by Crippen LogP contribution is -2.50. The molecule has 1 unspecified atom stereocenters. The zero-order valence-electron chi connectivity index (χ0n) is 22.5. The van der Waals surface area contributed by atoms with E-state index in [1.807, 2.05) is 27.0 Å². The molecular weight excluding hydrogens is 434 g/mol. The van der Waals surface area contributed by atoms with Crippen molar-refractivity contribution < 1.29 is 14.0 Å². The SMILES string of the molecule is CCCCC(C)(C)C(=O)OC[N+]1(C)CCc2c(c3cc(C)ccc3n2CCc2ccc(C)nc2)C1. The Balaban J connectivity index is 1.55. The van der Waals surface area contributed by atoms with Gasteiger partial charge < -0.3 is 9.30 Å². The molecule has 0 spiro atoms. The summed E-state index contributed by atoms with van der Waals surface area (Å²) >= 11 is 0. The molecule has 0 amide bonds. The summed E-state index contributed by atoms with van der Waals surface area (Å²) < 4.78 is 9.19. The van der Waals surface area contributed by atoms with E-state index in [0.29, 0.717) is 6.73 Å². The lowest BCUT2D eigenvalue weighted by atomic mass is 9.87. The van der Waals surface area contributed by atoms with Gasteiger partial charge in [0.2, 0.25) is 6.73 Å². The number of hydrogen-bond acceptors (Lipinski definition) is 3. The fraction of sp³-hybridized carbons (Fsp3) is 0.533. The third-order valence-corrected chi connectivity index (χ3v) is 7.68. The lowest BCUT2D eigenvalue weighted by Gasteiger charge is -2.38. The van der Waals surface area contributed by atoms with Crippen LogP contribution in [0.25, 0.3) is 10.9 Å². The van der Waals surface area contributed by atoms with Crippen LogP contribution < -0.4 is 0 Å². The highest BCUT2D eigenvalue weighted by Crippen LogP contribution is 2.34. The number of aromatic nitrogens is 2. The summed E-state index contributed by atoms with van der Waals surface area (Å²) in [5.41, 5.74) is 7.35. The topological polar surface area (TPSA) is 44.1 Å². The summed E-state index contributed by atoms with van der Waals surface area (Å²) in [4.78, 5) is 17.3. The third-order valence-electron chi connectivity index (χ3n) is 7.68. The van der Waals surface area contributed by atoms with Crippen molar-refractivity contribution in [2.75, 3.05) is 20.3 Å². The largest absolute Gasteiger partial charge is 0.415 e. The van der Waals surface area contributed by atoms with Gasteiger partial charge in [-0.15, -0.1) is 0 Å². The van der Waals surface area contributed by atoms with Crippen molar-refractivity contribution >= 4 is 16.9 Å². The van der Waals surface area contributed by atoms with E-state index in [-0.39, 0.29) is 5.97 Å². The molecule has 1 aromatic carbocycles. The van der Waals surface area contributed by atoms with Crippen molar-refractivity contribution in [3.63, 3.8) is 0 Å². The Bertz CT molecular complexity index is 1190. The van der Waals surface area contributed by atoms with Gasteiger partial charge in [0.25, 0.3) is 0 Å². The van der Waals surface area contributed by atoms with Crippen LogP contribution in [0.2, 0.25) is 0 Å². The number of nitrogens with zero attached hydrogens (tertiary/aromatic N) is 3. The van der Waals surface area contributed by atoms with E-state index in [0.717, 1.165) is 61.9 Å². The van der Waals surface area contributed by atoms with E-state index in [1.165, 1.54) is 33.3 Å². The van der Waals surface area contributed by atoms with Gasteiger partial charge in [0.15, 0.2) is 0 Å². The number of rotatable bonds is 9. The van der Waals surface area contributed by atoms with Crippen LogP contribution in [-0.4, -0.2) is 40.3 Å². The van der Waals surface area contributed by atoms with Gasteiger partial charge in [0, 0.05) is 47.0 Å². The molecule has 1 aliphatic heterocycles. The van der Waals surface area contributed by atoms with E-state index < -0.39 is 5.41 Å². The van der Waals surface area contributed by atoms with Gasteiger partial charge in [-0.05, 0) is 64.3 Å². The first-order valence-corrected chi connectivity index (χ1v) is 13.1. The molecular formula is C30H42N3O2+. The van der Waals surface area contributed by atoms with Gasteiger partial charge in [-0.3, -0.25) is 14.3 Å². The predicted molar refractivity (Wildman–Crippen MR) is 142 cm³/mol. The van der Waals surface area contributed by atoms with Crippen LogP contribution >= 0.6 is 0 Å². The summed E-state index contributed by atoms with van der Waals surface area (Å²) in [5, 5.41) is 1.35. The number of unbranched alkanes of at least 4 members (excludes halogenated alkanes) is 1. The van der Waals surface area contributed by atoms with Crippen LogP contribution in [0.5, 0.6) is 0 Å². The summed E-state index contributed by atoms with van der Waals surface area (Å²) in [5.74, 6) is -0.0684. The predicted octanol–water partition coefficient (Wildman–Crippen LogP) is 6.12. The molecule has 0 saturated carbocycles.